The highest BCUT2D eigenvalue weighted by molar-refractivity contribution is 5.69. The van der Waals surface area contributed by atoms with Crippen molar-refractivity contribution in [3.05, 3.63) is 40.0 Å². The van der Waals surface area contributed by atoms with Crippen LogP contribution in [-0.4, -0.2) is 14.2 Å². The highest BCUT2D eigenvalue weighted by atomic mass is 16.5. The molecule has 0 aromatic heterocycles. The molecule has 2 aliphatic carbocycles. The molecule has 0 aliphatic heterocycles. The van der Waals surface area contributed by atoms with Gasteiger partial charge in [-0.3, -0.25) is 0 Å². The molecule has 0 saturated carbocycles. The van der Waals surface area contributed by atoms with Crippen molar-refractivity contribution in [2.75, 3.05) is 14.2 Å². The zero-order valence-electron chi connectivity index (χ0n) is 16.0. The van der Waals surface area contributed by atoms with Gasteiger partial charge in [0.25, 0.3) is 0 Å². The first kappa shape index (κ1) is 17.1. The number of rotatable bonds is 3. The summed E-state index contributed by atoms with van der Waals surface area (Å²) < 4.78 is 11.6. The van der Waals surface area contributed by atoms with Gasteiger partial charge in [-0.25, -0.2) is 0 Å². The molecular formula is C22H30O2. The highest BCUT2D eigenvalue weighted by Crippen LogP contribution is 2.47. The molecule has 0 heterocycles. The van der Waals surface area contributed by atoms with Gasteiger partial charge in [0.2, 0.25) is 0 Å². The van der Waals surface area contributed by atoms with Crippen LogP contribution in [0.25, 0.3) is 6.08 Å². The molecule has 1 aromatic rings. The predicted octanol–water partition coefficient (Wildman–Crippen LogP) is 5.90. The van der Waals surface area contributed by atoms with Crippen molar-refractivity contribution in [2.24, 2.45) is 5.41 Å². The summed E-state index contributed by atoms with van der Waals surface area (Å²) in [5, 5.41) is 0. The Balaban J connectivity index is 2.20. The van der Waals surface area contributed by atoms with E-state index in [0.717, 1.165) is 17.9 Å². The van der Waals surface area contributed by atoms with E-state index in [1.807, 2.05) is 0 Å². The van der Waals surface area contributed by atoms with Crippen LogP contribution in [0, 0.1) is 5.41 Å². The predicted molar refractivity (Wildman–Crippen MR) is 101 cm³/mol. The van der Waals surface area contributed by atoms with Crippen molar-refractivity contribution in [3.63, 3.8) is 0 Å². The number of allylic oxidation sites excluding steroid dienone is 3. The van der Waals surface area contributed by atoms with Crippen molar-refractivity contribution in [2.45, 2.75) is 59.3 Å². The Morgan fingerprint density at radius 1 is 1.04 bits per heavy atom. The van der Waals surface area contributed by atoms with E-state index in [4.69, 9.17) is 9.47 Å². The number of benzene rings is 1. The zero-order valence-corrected chi connectivity index (χ0v) is 16.0. The summed E-state index contributed by atoms with van der Waals surface area (Å²) in [5.41, 5.74) is 7.14. The fourth-order valence-electron chi connectivity index (χ4n) is 4.31. The Morgan fingerprint density at radius 2 is 1.75 bits per heavy atom. The van der Waals surface area contributed by atoms with E-state index >= 15 is 0 Å². The maximum absolute atomic E-state index is 5.83. The van der Waals surface area contributed by atoms with E-state index in [0.29, 0.717) is 5.92 Å². The summed E-state index contributed by atoms with van der Waals surface area (Å²) in [6.07, 6.45) is 9.36. The lowest BCUT2D eigenvalue weighted by atomic mass is 9.72. The molecular weight excluding hydrogens is 296 g/mol. The summed E-state index contributed by atoms with van der Waals surface area (Å²) in [7, 11) is 3.51. The van der Waals surface area contributed by atoms with Gasteiger partial charge in [0, 0.05) is 11.1 Å². The number of hydrogen-bond donors (Lipinski definition) is 0. The van der Waals surface area contributed by atoms with Crippen molar-refractivity contribution in [1.29, 1.82) is 0 Å². The fourth-order valence-corrected chi connectivity index (χ4v) is 4.31. The Hall–Kier alpha value is -1.70. The van der Waals surface area contributed by atoms with E-state index in [1.165, 1.54) is 41.5 Å². The average molecular weight is 326 g/mol. The topological polar surface area (TPSA) is 18.5 Å². The third kappa shape index (κ3) is 2.76. The van der Waals surface area contributed by atoms with Crippen LogP contribution in [-0.2, 0) is 6.42 Å². The minimum absolute atomic E-state index is 0.268. The second-order valence-corrected chi connectivity index (χ2v) is 8.02. The van der Waals surface area contributed by atoms with Gasteiger partial charge in [0.05, 0.1) is 14.2 Å². The van der Waals surface area contributed by atoms with Crippen LogP contribution >= 0.6 is 0 Å². The second kappa shape index (κ2) is 6.31. The van der Waals surface area contributed by atoms with E-state index in [2.05, 4.69) is 45.9 Å². The zero-order chi connectivity index (χ0) is 17.5. The maximum Gasteiger partial charge on any atom is 0.165 e. The first-order valence-electron chi connectivity index (χ1n) is 9.07. The molecule has 3 rings (SSSR count). The van der Waals surface area contributed by atoms with Crippen molar-refractivity contribution in [1.82, 2.24) is 0 Å². The van der Waals surface area contributed by atoms with E-state index < -0.39 is 0 Å². The van der Waals surface area contributed by atoms with Crippen LogP contribution < -0.4 is 9.47 Å². The summed E-state index contributed by atoms with van der Waals surface area (Å²) in [4.78, 5) is 0. The smallest absolute Gasteiger partial charge is 0.165 e. The lowest BCUT2D eigenvalue weighted by molar-refractivity contribution is 0.346. The standard InChI is InChI=1S/C22H30O2/c1-14(2)17-12-15-9-10-19-16(8-7-11-22(19,3)4)13-18(15)21(24-6)20(17)23-5/h9-10,12,14H,7-8,11,13H2,1-6H3. The number of fused-ring (bicyclic) bond motifs is 1. The summed E-state index contributed by atoms with van der Waals surface area (Å²) in [5.74, 6) is 2.22. The minimum Gasteiger partial charge on any atom is -0.493 e. The van der Waals surface area contributed by atoms with Crippen LogP contribution in [0.15, 0.2) is 23.3 Å². The molecule has 2 nitrogen and oxygen atoms in total. The van der Waals surface area contributed by atoms with Gasteiger partial charge in [-0.1, -0.05) is 45.4 Å². The van der Waals surface area contributed by atoms with Crippen molar-refractivity contribution >= 4 is 6.08 Å². The molecule has 0 atom stereocenters. The molecule has 0 amide bonds. The van der Waals surface area contributed by atoms with Gasteiger partial charge in [-0.2, -0.15) is 0 Å². The molecule has 0 N–H and O–H groups in total. The van der Waals surface area contributed by atoms with Crippen LogP contribution in [0.5, 0.6) is 11.5 Å². The third-order valence-corrected chi connectivity index (χ3v) is 5.64. The third-order valence-electron chi connectivity index (χ3n) is 5.64. The van der Waals surface area contributed by atoms with Crippen LogP contribution in [0.4, 0.5) is 0 Å². The van der Waals surface area contributed by atoms with Gasteiger partial charge in [0.15, 0.2) is 11.5 Å². The van der Waals surface area contributed by atoms with Gasteiger partial charge < -0.3 is 9.47 Å². The Kier molecular flexibility index (Phi) is 4.50. The number of hydrogen-bond acceptors (Lipinski definition) is 2. The molecule has 0 fully saturated rings. The van der Waals surface area contributed by atoms with Gasteiger partial charge in [0.1, 0.15) is 0 Å². The SMILES string of the molecule is COc1c(C(C)C)cc2c(c1OC)CC1=C(C=C2)C(C)(C)CCC1. The van der Waals surface area contributed by atoms with Crippen molar-refractivity contribution in [3.8, 4) is 11.5 Å². The Morgan fingerprint density at radius 3 is 2.38 bits per heavy atom. The molecule has 0 bridgehead atoms. The lowest BCUT2D eigenvalue weighted by Crippen LogP contribution is -2.20. The molecule has 1 aromatic carbocycles. The van der Waals surface area contributed by atoms with Crippen LogP contribution in [0.3, 0.4) is 0 Å². The molecule has 0 radical (unpaired) electrons. The largest absolute Gasteiger partial charge is 0.493 e. The molecule has 2 heteroatoms. The average Bonchev–Trinajstić information content (AvgIpc) is 2.72. The molecule has 0 spiro atoms. The fraction of sp³-hybridized carbons (Fsp3) is 0.545. The molecule has 0 unspecified atom stereocenters. The summed E-state index contributed by atoms with van der Waals surface area (Å²) in [6, 6.07) is 2.29. The van der Waals surface area contributed by atoms with Gasteiger partial charge in [-0.05, 0) is 54.2 Å². The van der Waals surface area contributed by atoms with E-state index in [-0.39, 0.29) is 5.41 Å². The van der Waals surface area contributed by atoms with Gasteiger partial charge in [-0.15, -0.1) is 0 Å². The number of ether oxygens (including phenoxy) is 2. The highest BCUT2D eigenvalue weighted by Gasteiger charge is 2.31. The quantitative estimate of drug-likeness (QED) is 0.688. The maximum atomic E-state index is 5.83. The summed E-state index contributed by atoms with van der Waals surface area (Å²) >= 11 is 0. The van der Waals surface area contributed by atoms with Crippen molar-refractivity contribution < 1.29 is 9.47 Å². The van der Waals surface area contributed by atoms with Gasteiger partial charge >= 0.3 is 0 Å². The monoisotopic (exact) mass is 326 g/mol. The van der Waals surface area contributed by atoms with Crippen LogP contribution in [0.2, 0.25) is 0 Å². The summed E-state index contributed by atoms with van der Waals surface area (Å²) in [6.45, 7) is 9.16. The Labute approximate surface area is 146 Å². The van der Waals surface area contributed by atoms with E-state index in [9.17, 15) is 0 Å². The first-order valence-corrected chi connectivity index (χ1v) is 9.07. The van der Waals surface area contributed by atoms with Crippen LogP contribution in [0.1, 0.15) is 69.6 Å². The lowest BCUT2D eigenvalue weighted by Gasteiger charge is -2.33. The molecule has 130 valence electrons. The van der Waals surface area contributed by atoms with E-state index in [1.54, 1.807) is 19.8 Å². The second-order valence-electron chi connectivity index (χ2n) is 8.02. The molecule has 24 heavy (non-hydrogen) atoms. The first-order chi connectivity index (χ1) is 11.4. The Bertz CT molecular complexity index is 705. The molecule has 2 aliphatic rings. The number of methoxy groups -OCH3 is 2. The normalized spacial score (nSPS) is 19.0. The minimum atomic E-state index is 0.268. The molecule has 0 saturated heterocycles.